The first-order valence-electron chi connectivity index (χ1n) is 7.95. The van der Waals surface area contributed by atoms with Crippen LogP contribution in [-0.4, -0.2) is 38.7 Å². The number of methoxy groups -OCH3 is 2. The standard InChI is InChI=1S/C19H25NO3S/c1-22-17-7-5-14(12-18(17)23-2)8-10-20-11-9-15-4-6-16(21)19(13-15)24-3/h4-7,12-13,20-21H,8-11H2,1-3H3. The summed E-state index contributed by atoms with van der Waals surface area (Å²) in [6.45, 7) is 1.81. The van der Waals surface area contributed by atoms with Gasteiger partial charge in [0.2, 0.25) is 0 Å². The van der Waals surface area contributed by atoms with Gasteiger partial charge in [0.15, 0.2) is 11.5 Å². The van der Waals surface area contributed by atoms with Crippen LogP contribution in [0.3, 0.4) is 0 Å². The Morgan fingerprint density at radius 1 is 0.917 bits per heavy atom. The molecule has 2 rings (SSSR count). The van der Waals surface area contributed by atoms with E-state index < -0.39 is 0 Å². The van der Waals surface area contributed by atoms with E-state index in [2.05, 4.69) is 17.4 Å². The number of nitrogens with one attached hydrogen (secondary N) is 1. The zero-order valence-electron chi connectivity index (χ0n) is 14.5. The van der Waals surface area contributed by atoms with E-state index in [9.17, 15) is 5.11 Å². The van der Waals surface area contributed by atoms with Gasteiger partial charge in [0.25, 0.3) is 0 Å². The summed E-state index contributed by atoms with van der Waals surface area (Å²) in [5, 5.41) is 13.2. The summed E-state index contributed by atoms with van der Waals surface area (Å²) < 4.78 is 10.6. The van der Waals surface area contributed by atoms with Crippen LogP contribution in [0.2, 0.25) is 0 Å². The van der Waals surface area contributed by atoms with Crippen LogP contribution in [-0.2, 0) is 12.8 Å². The molecule has 0 amide bonds. The fraction of sp³-hybridized carbons (Fsp3) is 0.368. The lowest BCUT2D eigenvalue weighted by atomic mass is 10.1. The van der Waals surface area contributed by atoms with Crippen molar-refractivity contribution in [1.82, 2.24) is 5.32 Å². The topological polar surface area (TPSA) is 50.7 Å². The van der Waals surface area contributed by atoms with Gasteiger partial charge in [0.1, 0.15) is 5.75 Å². The first-order valence-corrected chi connectivity index (χ1v) is 9.18. The van der Waals surface area contributed by atoms with Crippen molar-refractivity contribution in [3.8, 4) is 17.2 Å². The van der Waals surface area contributed by atoms with Crippen molar-refractivity contribution in [1.29, 1.82) is 0 Å². The van der Waals surface area contributed by atoms with E-state index in [1.807, 2.05) is 24.5 Å². The maximum absolute atomic E-state index is 9.70. The summed E-state index contributed by atoms with van der Waals surface area (Å²) >= 11 is 1.56. The number of hydrogen-bond donors (Lipinski definition) is 2. The van der Waals surface area contributed by atoms with Gasteiger partial charge in [-0.25, -0.2) is 0 Å². The minimum Gasteiger partial charge on any atom is -0.507 e. The molecule has 0 radical (unpaired) electrons. The number of aromatic hydroxyl groups is 1. The van der Waals surface area contributed by atoms with Crippen LogP contribution in [0.25, 0.3) is 0 Å². The summed E-state index contributed by atoms with van der Waals surface area (Å²) in [6, 6.07) is 11.8. The molecule has 130 valence electrons. The van der Waals surface area contributed by atoms with Crippen molar-refractivity contribution in [3.05, 3.63) is 47.5 Å². The molecule has 0 aromatic heterocycles. The molecule has 0 saturated carbocycles. The Bertz CT molecular complexity index is 661. The summed E-state index contributed by atoms with van der Waals surface area (Å²) in [4.78, 5) is 0.929. The van der Waals surface area contributed by atoms with Gasteiger partial charge < -0.3 is 19.9 Å². The number of rotatable bonds is 9. The van der Waals surface area contributed by atoms with Crippen molar-refractivity contribution in [2.45, 2.75) is 17.7 Å². The van der Waals surface area contributed by atoms with Crippen LogP contribution in [0.4, 0.5) is 0 Å². The van der Waals surface area contributed by atoms with Crippen LogP contribution in [0.5, 0.6) is 17.2 Å². The fourth-order valence-electron chi connectivity index (χ4n) is 2.50. The molecule has 0 spiro atoms. The first-order chi connectivity index (χ1) is 11.7. The third kappa shape index (κ3) is 5.08. The molecular formula is C19H25NO3S. The fourth-order valence-corrected chi connectivity index (χ4v) is 3.05. The highest BCUT2D eigenvalue weighted by Crippen LogP contribution is 2.28. The normalized spacial score (nSPS) is 10.6. The van der Waals surface area contributed by atoms with Crippen LogP contribution in [0, 0.1) is 0 Å². The molecular weight excluding hydrogens is 322 g/mol. The molecule has 0 aliphatic heterocycles. The predicted molar refractivity (Wildman–Crippen MR) is 99.7 cm³/mol. The number of hydrogen-bond acceptors (Lipinski definition) is 5. The Hall–Kier alpha value is -1.85. The van der Waals surface area contributed by atoms with Crippen molar-refractivity contribution in [2.75, 3.05) is 33.6 Å². The highest BCUT2D eigenvalue weighted by atomic mass is 32.2. The second-order valence-electron chi connectivity index (χ2n) is 5.45. The molecule has 0 atom stereocenters. The number of ether oxygens (including phenoxy) is 2. The SMILES string of the molecule is COc1ccc(CCNCCc2ccc(O)c(SC)c2)cc1OC. The van der Waals surface area contributed by atoms with Crippen LogP contribution < -0.4 is 14.8 Å². The van der Waals surface area contributed by atoms with E-state index in [-0.39, 0.29) is 0 Å². The molecule has 4 nitrogen and oxygen atoms in total. The molecule has 0 aliphatic rings. The molecule has 5 heteroatoms. The van der Waals surface area contributed by atoms with Crippen molar-refractivity contribution >= 4 is 11.8 Å². The average Bonchev–Trinajstić information content (AvgIpc) is 2.62. The van der Waals surface area contributed by atoms with Gasteiger partial charge in [-0.2, -0.15) is 0 Å². The molecule has 2 N–H and O–H groups in total. The highest BCUT2D eigenvalue weighted by Gasteiger charge is 2.05. The van der Waals surface area contributed by atoms with Gasteiger partial charge in [-0.05, 0) is 67.6 Å². The molecule has 0 heterocycles. The first kappa shape index (κ1) is 18.5. The third-order valence-electron chi connectivity index (χ3n) is 3.87. The Balaban J connectivity index is 1.77. The Morgan fingerprint density at radius 2 is 1.54 bits per heavy atom. The smallest absolute Gasteiger partial charge is 0.160 e. The minimum atomic E-state index is 0.354. The second-order valence-corrected chi connectivity index (χ2v) is 6.29. The largest absolute Gasteiger partial charge is 0.507 e. The van der Waals surface area contributed by atoms with E-state index in [4.69, 9.17) is 9.47 Å². The van der Waals surface area contributed by atoms with Gasteiger partial charge >= 0.3 is 0 Å². The average molecular weight is 347 g/mol. The lowest BCUT2D eigenvalue weighted by molar-refractivity contribution is 0.354. The van der Waals surface area contributed by atoms with Gasteiger partial charge in [-0.3, -0.25) is 0 Å². The monoisotopic (exact) mass is 347 g/mol. The van der Waals surface area contributed by atoms with E-state index in [1.165, 1.54) is 11.1 Å². The molecule has 2 aromatic carbocycles. The van der Waals surface area contributed by atoms with E-state index >= 15 is 0 Å². The zero-order valence-corrected chi connectivity index (χ0v) is 15.3. The van der Waals surface area contributed by atoms with Crippen LogP contribution >= 0.6 is 11.8 Å². The minimum absolute atomic E-state index is 0.354. The van der Waals surface area contributed by atoms with Crippen molar-refractivity contribution in [2.24, 2.45) is 0 Å². The van der Waals surface area contributed by atoms with Gasteiger partial charge in [-0.1, -0.05) is 12.1 Å². The lowest BCUT2D eigenvalue weighted by Crippen LogP contribution is -2.20. The maximum Gasteiger partial charge on any atom is 0.160 e. The number of benzene rings is 2. The van der Waals surface area contributed by atoms with Crippen molar-refractivity contribution in [3.63, 3.8) is 0 Å². The molecule has 0 aliphatic carbocycles. The van der Waals surface area contributed by atoms with Gasteiger partial charge in [0, 0.05) is 4.90 Å². The van der Waals surface area contributed by atoms with Crippen LogP contribution in [0.1, 0.15) is 11.1 Å². The molecule has 0 fully saturated rings. The summed E-state index contributed by atoms with van der Waals surface area (Å²) in [7, 11) is 3.30. The van der Waals surface area contributed by atoms with E-state index in [1.54, 1.807) is 32.0 Å². The van der Waals surface area contributed by atoms with E-state index in [0.717, 1.165) is 42.3 Å². The highest BCUT2D eigenvalue weighted by molar-refractivity contribution is 7.98. The molecule has 2 aromatic rings. The molecule has 0 bridgehead atoms. The number of phenols is 1. The summed E-state index contributed by atoms with van der Waals surface area (Å²) in [6.07, 6.45) is 3.85. The van der Waals surface area contributed by atoms with Crippen LogP contribution in [0.15, 0.2) is 41.3 Å². The lowest BCUT2D eigenvalue weighted by Gasteiger charge is -2.10. The second kappa shape index (κ2) is 9.45. The molecule has 0 unspecified atom stereocenters. The Labute approximate surface area is 148 Å². The maximum atomic E-state index is 9.70. The van der Waals surface area contributed by atoms with Crippen molar-refractivity contribution < 1.29 is 14.6 Å². The summed E-state index contributed by atoms with van der Waals surface area (Å²) in [5.41, 5.74) is 2.45. The number of phenolic OH excluding ortho intramolecular Hbond substituents is 1. The van der Waals surface area contributed by atoms with Gasteiger partial charge in [0.05, 0.1) is 14.2 Å². The Kier molecular flexibility index (Phi) is 7.28. The zero-order chi connectivity index (χ0) is 17.4. The van der Waals surface area contributed by atoms with E-state index in [0.29, 0.717) is 5.75 Å². The quantitative estimate of drug-likeness (QED) is 0.537. The number of thioether (sulfide) groups is 1. The Morgan fingerprint density at radius 3 is 2.17 bits per heavy atom. The summed E-state index contributed by atoms with van der Waals surface area (Å²) in [5.74, 6) is 1.88. The molecule has 24 heavy (non-hydrogen) atoms. The van der Waals surface area contributed by atoms with Gasteiger partial charge in [-0.15, -0.1) is 11.8 Å². The third-order valence-corrected chi connectivity index (χ3v) is 4.64. The predicted octanol–water partition coefficient (Wildman–Crippen LogP) is 3.51. The molecule has 0 saturated heterocycles.